The highest BCUT2D eigenvalue weighted by atomic mass is 16.3. The molecule has 0 saturated carbocycles. The first-order valence-electron chi connectivity index (χ1n) is 19.5. The SMILES string of the molecule is C/C=c1\c(=C/c2cc3cc(-c4ccc5c(c4)c4cc6c(cc4n5-c4ccccc4)C(C)(C)c4ccccc4-6)ccc3n2-c2cccc(C)c2)oc2ccccc12. The van der Waals surface area contributed by atoms with Crippen molar-refractivity contribution in [2.45, 2.75) is 33.1 Å². The lowest BCUT2D eigenvalue weighted by molar-refractivity contribution is 0.575. The fraction of sp³-hybridized carbons (Fsp3) is 0.0943. The van der Waals surface area contributed by atoms with E-state index in [9.17, 15) is 0 Å². The van der Waals surface area contributed by atoms with Crippen LogP contribution >= 0.6 is 0 Å². The number of nitrogens with zero attached hydrogens (tertiary/aromatic N) is 2. The molecule has 10 aromatic rings. The summed E-state index contributed by atoms with van der Waals surface area (Å²) in [5.74, 6) is 0. The molecule has 1 aliphatic rings. The standard InChI is InChI=1S/C53H40N2O/c1-5-40-42-19-10-12-21-51(42)56-52(40)30-39-28-36-27-34(22-24-48(36)54(39)38-17-13-14-33(2)26-38)35-23-25-49-44(29-35)45-31-43-41-18-9-11-20-46(41)53(3,4)47(43)32-50(45)55(49)37-15-7-6-8-16-37/h5-32H,1-4H3/b40-5-,52-30+. The highest BCUT2D eigenvalue weighted by Crippen LogP contribution is 2.51. The van der Waals surface area contributed by atoms with Gasteiger partial charge in [0, 0.05) is 49.6 Å². The number of hydrogen-bond donors (Lipinski definition) is 0. The van der Waals surface area contributed by atoms with Gasteiger partial charge in [-0.3, -0.25) is 0 Å². The Morgan fingerprint density at radius 3 is 2.11 bits per heavy atom. The molecule has 3 nitrogen and oxygen atoms in total. The van der Waals surface area contributed by atoms with Crippen LogP contribution in [0.15, 0.2) is 162 Å². The van der Waals surface area contributed by atoms with Crippen LogP contribution in [0.25, 0.3) is 89.5 Å². The zero-order chi connectivity index (χ0) is 37.7. The van der Waals surface area contributed by atoms with E-state index >= 15 is 0 Å². The normalized spacial score (nSPS) is 14.1. The number of para-hydroxylation sites is 2. The topological polar surface area (TPSA) is 23.0 Å². The molecule has 0 spiro atoms. The van der Waals surface area contributed by atoms with E-state index < -0.39 is 0 Å². The van der Waals surface area contributed by atoms with Gasteiger partial charge in [-0.25, -0.2) is 0 Å². The fourth-order valence-corrected chi connectivity index (χ4v) is 9.45. The highest BCUT2D eigenvalue weighted by Gasteiger charge is 2.36. The van der Waals surface area contributed by atoms with Gasteiger partial charge in [0.05, 0.1) is 22.2 Å². The van der Waals surface area contributed by atoms with E-state index in [0.717, 1.165) is 38.5 Å². The molecule has 0 bridgehead atoms. The molecule has 7 aromatic carbocycles. The van der Waals surface area contributed by atoms with E-state index in [0.29, 0.717) is 0 Å². The second-order valence-corrected chi connectivity index (χ2v) is 15.8. The molecule has 3 heteroatoms. The van der Waals surface area contributed by atoms with E-state index in [1.807, 2.05) is 12.1 Å². The molecule has 3 aromatic heterocycles. The summed E-state index contributed by atoms with van der Waals surface area (Å²) >= 11 is 0. The summed E-state index contributed by atoms with van der Waals surface area (Å²) in [7, 11) is 0. The van der Waals surface area contributed by atoms with Crippen LogP contribution < -0.4 is 10.6 Å². The molecule has 0 N–H and O–H groups in total. The highest BCUT2D eigenvalue weighted by molar-refractivity contribution is 6.13. The van der Waals surface area contributed by atoms with E-state index in [-0.39, 0.29) is 5.41 Å². The van der Waals surface area contributed by atoms with Crippen molar-refractivity contribution in [3.8, 4) is 33.6 Å². The maximum absolute atomic E-state index is 6.46. The van der Waals surface area contributed by atoms with Gasteiger partial charge in [0.25, 0.3) is 0 Å². The van der Waals surface area contributed by atoms with E-state index in [4.69, 9.17) is 4.42 Å². The lowest BCUT2D eigenvalue weighted by Gasteiger charge is -2.21. The molecule has 0 saturated heterocycles. The van der Waals surface area contributed by atoms with Crippen molar-refractivity contribution < 1.29 is 4.42 Å². The number of aryl methyl sites for hydroxylation is 1. The van der Waals surface area contributed by atoms with E-state index in [1.165, 1.54) is 71.8 Å². The Balaban J connectivity index is 1.13. The first-order valence-corrected chi connectivity index (χ1v) is 19.5. The Hall–Kier alpha value is -6.84. The predicted molar refractivity (Wildman–Crippen MR) is 235 cm³/mol. The van der Waals surface area contributed by atoms with Gasteiger partial charge in [0.1, 0.15) is 11.0 Å². The molecule has 56 heavy (non-hydrogen) atoms. The molecular weight excluding hydrogens is 681 g/mol. The minimum Gasteiger partial charge on any atom is -0.456 e. The number of aromatic nitrogens is 2. The van der Waals surface area contributed by atoms with Gasteiger partial charge in [-0.1, -0.05) is 105 Å². The number of hydrogen-bond acceptors (Lipinski definition) is 1. The third-order valence-corrected chi connectivity index (χ3v) is 12.1. The molecule has 0 amide bonds. The van der Waals surface area contributed by atoms with Crippen molar-refractivity contribution in [1.82, 2.24) is 9.13 Å². The number of benzene rings is 7. The summed E-state index contributed by atoms with van der Waals surface area (Å²) in [4.78, 5) is 0. The van der Waals surface area contributed by atoms with Crippen LogP contribution in [0.5, 0.6) is 0 Å². The second kappa shape index (κ2) is 12.1. The second-order valence-electron chi connectivity index (χ2n) is 15.8. The van der Waals surface area contributed by atoms with Crippen LogP contribution in [0, 0.1) is 6.92 Å². The van der Waals surface area contributed by atoms with Crippen molar-refractivity contribution in [2.24, 2.45) is 0 Å². The molecule has 0 aliphatic heterocycles. The Morgan fingerprint density at radius 2 is 1.27 bits per heavy atom. The van der Waals surface area contributed by atoms with Crippen molar-refractivity contribution in [3.63, 3.8) is 0 Å². The van der Waals surface area contributed by atoms with Crippen molar-refractivity contribution in [2.75, 3.05) is 0 Å². The van der Waals surface area contributed by atoms with Crippen LogP contribution in [0.3, 0.4) is 0 Å². The monoisotopic (exact) mass is 720 g/mol. The van der Waals surface area contributed by atoms with Crippen molar-refractivity contribution in [3.05, 3.63) is 191 Å². The van der Waals surface area contributed by atoms with Gasteiger partial charge in [-0.2, -0.15) is 0 Å². The van der Waals surface area contributed by atoms with Crippen LogP contribution in [0.1, 0.15) is 43.2 Å². The summed E-state index contributed by atoms with van der Waals surface area (Å²) in [6, 6.07) is 57.8. The maximum atomic E-state index is 6.46. The van der Waals surface area contributed by atoms with E-state index in [1.54, 1.807) is 0 Å². The van der Waals surface area contributed by atoms with Gasteiger partial charge in [-0.05, 0) is 126 Å². The average Bonchev–Trinajstić information content (AvgIpc) is 3.93. The summed E-state index contributed by atoms with van der Waals surface area (Å²) in [6.07, 6.45) is 4.34. The summed E-state index contributed by atoms with van der Waals surface area (Å²) in [5.41, 5.74) is 17.7. The Morgan fingerprint density at radius 1 is 0.536 bits per heavy atom. The van der Waals surface area contributed by atoms with Crippen molar-refractivity contribution in [1.29, 1.82) is 0 Å². The lowest BCUT2D eigenvalue weighted by Crippen LogP contribution is -2.20. The molecule has 0 unspecified atom stereocenters. The van der Waals surface area contributed by atoms with Gasteiger partial charge in [-0.15, -0.1) is 0 Å². The molecule has 0 fully saturated rings. The predicted octanol–water partition coefficient (Wildman–Crippen LogP) is 12.4. The molecule has 1 aliphatic carbocycles. The maximum Gasteiger partial charge on any atom is 0.137 e. The lowest BCUT2D eigenvalue weighted by atomic mass is 9.82. The van der Waals surface area contributed by atoms with Crippen LogP contribution in [-0.4, -0.2) is 9.13 Å². The Bertz CT molecular complexity index is 3350. The van der Waals surface area contributed by atoms with Crippen LogP contribution in [0.2, 0.25) is 0 Å². The first-order chi connectivity index (χ1) is 27.4. The number of rotatable bonds is 4. The zero-order valence-electron chi connectivity index (χ0n) is 32.0. The zero-order valence-corrected chi connectivity index (χ0v) is 32.0. The Kier molecular flexibility index (Phi) is 7.03. The average molecular weight is 721 g/mol. The number of furan rings is 1. The third kappa shape index (κ3) is 4.77. The van der Waals surface area contributed by atoms with Gasteiger partial charge >= 0.3 is 0 Å². The van der Waals surface area contributed by atoms with Gasteiger partial charge < -0.3 is 13.6 Å². The van der Waals surface area contributed by atoms with Crippen molar-refractivity contribution >= 4 is 55.8 Å². The fourth-order valence-electron chi connectivity index (χ4n) is 9.45. The van der Waals surface area contributed by atoms with Crippen LogP contribution in [-0.2, 0) is 5.41 Å². The third-order valence-electron chi connectivity index (χ3n) is 12.1. The van der Waals surface area contributed by atoms with Crippen LogP contribution in [0.4, 0.5) is 0 Å². The molecule has 3 heterocycles. The largest absolute Gasteiger partial charge is 0.456 e. The van der Waals surface area contributed by atoms with E-state index in [2.05, 4.69) is 195 Å². The number of fused-ring (bicyclic) bond motifs is 8. The van der Waals surface area contributed by atoms with Gasteiger partial charge in [0.2, 0.25) is 0 Å². The first kappa shape index (κ1) is 32.6. The summed E-state index contributed by atoms with van der Waals surface area (Å²) < 4.78 is 11.3. The quantitative estimate of drug-likeness (QED) is 0.177. The summed E-state index contributed by atoms with van der Waals surface area (Å²) in [5, 5.41) is 5.95. The minimum atomic E-state index is -0.0788. The smallest absolute Gasteiger partial charge is 0.137 e. The Labute approximate surface area is 325 Å². The molecule has 268 valence electrons. The molecule has 0 radical (unpaired) electrons. The molecular formula is C53H40N2O. The minimum absolute atomic E-state index is 0.0788. The molecule has 0 atom stereocenters. The summed E-state index contributed by atoms with van der Waals surface area (Å²) in [6.45, 7) is 8.96. The van der Waals surface area contributed by atoms with Gasteiger partial charge in [0.15, 0.2) is 0 Å². The molecule has 11 rings (SSSR count).